The van der Waals surface area contributed by atoms with Crippen molar-refractivity contribution in [2.75, 3.05) is 0 Å². The molecule has 0 heterocycles. The number of Topliss-reactive ketones (excluding diaryl/α,β-unsaturated/α-hetero) is 1. The van der Waals surface area contributed by atoms with Crippen LogP contribution in [0.3, 0.4) is 0 Å². The highest BCUT2D eigenvalue weighted by Crippen LogP contribution is 2.22. The van der Waals surface area contributed by atoms with E-state index in [1.54, 1.807) is 6.92 Å². The molecular weight excluding hydrogens is 160 g/mol. The molecule has 0 aromatic carbocycles. The van der Waals surface area contributed by atoms with Crippen molar-refractivity contribution < 1.29 is 9.90 Å². The third-order valence-corrected chi connectivity index (χ3v) is 3.01. The molecule has 1 fully saturated rings. The van der Waals surface area contributed by atoms with Crippen molar-refractivity contribution in [2.45, 2.75) is 37.9 Å². The van der Waals surface area contributed by atoms with Crippen LogP contribution in [0.4, 0.5) is 0 Å². The van der Waals surface area contributed by atoms with E-state index in [9.17, 15) is 4.79 Å². The molecule has 0 radical (unpaired) electrons. The summed E-state index contributed by atoms with van der Waals surface area (Å²) in [6, 6.07) is 0. The Morgan fingerprint density at radius 1 is 1.73 bits per heavy atom. The van der Waals surface area contributed by atoms with Crippen molar-refractivity contribution in [2.24, 2.45) is 0 Å². The van der Waals surface area contributed by atoms with Crippen molar-refractivity contribution in [3.63, 3.8) is 0 Å². The molecule has 1 rings (SSSR count). The first-order valence-corrected chi connectivity index (χ1v) is 4.90. The zero-order valence-electron chi connectivity index (χ0n) is 6.71. The molecule has 11 heavy (non-hydrogen) atoms. The van der Waals surface area contributed by atoms with Gasteiger partial charge in [-0.1, -0.05) is 0 Å². The van der Waals surface area contributed by atoms with Crippen molar-refractivity contribution in [1.29, 1.82) is 0 Å². The molecule has 0 aliphatic heterocycles. The molecule has 0 saturated heterocycles. The first-order valence-electron chi connectivity index (χ1n) is 3.93. The minimum atomic E-state index is 0.356. The fourth-order valence-corrected chi connectivity index (χ4v) is 2.51. The fourth-order valence-electron chi connectivity index (χ4n) is 1.38. The van der Waals surface area contributed by atoms with Gasteiger partial charge in [0.15, 0.2) is 0 Å². The lowest BCUT2D eigenvalue weighted by Crippen LogP contribution is -2.16. The Morgan fingerprint density at radius 3 is 3.00 bits per heavy atom. The van der Waals surface area contributed by atoms with E-state index in [1.807, 2.05) is 0 Å². The van der Waals surface area contributed by atoms with E-state index < -0.39 is 0 Å². The molecular formula is C8H14O2S. The molecule has 1 aliphatic rings. The maximum Gasteiger partial charge on any atom is 0.133 e. The van der Waals surface area contributed by atoms with Crippen LogP contribution in [0.15, 0.2) is 0 Å². The number of aliphatic hydroxyl groups excluding tert-OH is 1. The highest BCUT2D eigenvalue weighted by molar-refractivity contribution is 7.99. The van der Waals surface area contributed by atoms with Crippen molar-refractivity contribution in [1.82, 2.24) is 0 Å². The second kappa shape index (κ2) is 4.02. The van der Waals surface area contributed by atoms with Gasteiger partial charge in [-0.05, 0) is 19.8 Å². The summed E-state index contributed by atoms with van der Waals surface area (Å²) >= 11 is 0.953. The second-order valence-corrected chi connectivity index (χ2v) is 4.60. The molecule has 1 atom stereocenters. The lowest BCUT2D eigenvalue weighted by Gasteiger charge is -2.17. The summed E-state index contributed by atoms with van der Waals surface area (Å²) in [6.45, 7) is 1.70. The van der Waals surface area contributed by atoms with Crippen LogP contribution >= 0.6 is 11.4 Å². The van der Waals surface area contributed by atoms with E-state index in [4.69, 9.17) is 5.11 Å². The number of carbonyl (C=O) groups is 1. The molecule has 3 heteroatoms. The number of hydrogen-bond acceptors (Lipinski definition) is 1. The SMILES string of the molecule is CC(O)=[SH]C1CCCC(=O)C1. The molecule has 0 amide bonds. The Bertz CT molecular complexity index is 183. The van der Waals surface area contributed by atoms with E-state index in [0.717, 1.165) is 30.6 Å². The third-order valence-electron chi connectivity index (χ3n) is 1.83. The van der Waals surface area contributed by atoms with Crippen LogP contribution in [0.1, 0.15) is 32.6 Å². The lowest BCUT2D eigenvalue weighted by molar-refractivity contribution is -0.120. The van der Waals surface area contributed by atoms with Crippen molar-refractivity contribution in [3.8, 4) is 0 Å². The van der Waals surface area contributed by atoms with Crippen LogP contribution in [0, 0.1) is 0 Å². The Kier molecular flexibility index (Phi) is 3.27. The minimum Gasteiger partial charge on any atom is -0.360 e. The van der Waals surface area contributed by atoms with Crippen LogP contribution in [0.2, 0.25) is 0 Å². The second-order valence-electron chi connectivity index (χ2n) is 2.97. The van der Waals surface area contributed by atoms with Gasteiger partial charge < -0.3 is 5.11 Å². The Hall–Kier alpha value is -0.150. The van der Waals surface area contributed by atoms with Gasteiger partial charge in [-0.2, -0.15) is 11.4 Å². The smallest absolute Gasteiger partial charge is 0.133 e. The maximum absolute atomic E-state index is 11.0. The Labute approximate surface area is 70.6 Å². The monoisotopic (exact) mass is 174 g/mol. The number of hydrogen-bond donors (Lipinski definition) is 2. The van der Waals surface area contributed by atoms with E-state index in [-0.39, 0.29) is 0 Å². The average molecular weight is 174 g/mol. The third kappa shape index (κ3) is 3.16. The molecule has 0 bridgehead atoms. The topological polar surface area (TPSA) is 37.3 Å². The van der Waals surface area contributed by atoms with Gasteiger partial charge in [0.05, 0.1) is 5.05 Å². The lowest BCUT2D eigenvalue weighted by atomic mass is 9.99. The summed E-state index contributed by atoms with van der Waals surface area (Å²) in [5.74, 6) is 0.356. The number of rotatable bonds is 1. The van der Waals surface area contributed by atoms with Gasteiger partial charge in [-0.25, -0.2) is 0 Å². The molecule has 0 aromatic heterocycles. The molecule has 0 spiro atoms. The van der Waals surface area contributed by atoms with Gasteiger partial charge in [-0.3, -0.25) is 4.79 Å². The molecule has 64 valence electrons. The molecule has 1 saturated carbocycles. The first-order chi connectivity index (χ1) is 5.18. The maximum atomic E-state index is 11.0. The zero-order chi connectivity index (χ0) is 8.27. The summed E-state index contributed by atoms with van der Waals surface area (Å²) in [7, 11) is 0. The van der Waals surface area contributed by atoms with Gasteiger partial charge in [-0.15, -0.1) is 0 Å². The van der Waals surface area contributed by atoms with E-state index >= 15 is 0 Å². The number of thiol groups is 1. The van der Waals surface area contributed by atoms with Crippen molar-refractivity contribution >= 4 is 22.2 Å². The molecule has 1 unspecified atom stereocenters. The van der Waals surface area contributed by atoms with Gasteiger partial charge in [0.1, 0.15) is 5.78 Å². The summed E-state index contributed by atoms with van der Waals surface area (Å²) in [5.41, 5.74) is 0. The van der Waals surface area contributed by atoms with Gasteiger partial charge in [0, 0.05) is 18.1 Å². The zero-order valence-corrected chi connectivity index (χ0v) is 7.60. The molecule has 1 N–H and O–H groups in total. The van der Waals surface area contributed by atoms with Crippen LogP contribution in [0.5, 0.6) is 0 Å². The van der Waals surface area contributed by atoms with Crippen LogP contribution in [-0.2, 0) is 4.79 Å². The summed E-state index contributed by atoms with van der Waals surface area (Å²) in [6.07, 6.45) is 3.50. The van der Waals surface area contributed by atoms with Crippen LogP contribution < -0.4 is 0 Å². The largest absolute Gasteiger partial charge is 0.360 e. The van der Waals surface area contributed by atoms with Crippen molar-refractivity contribution in [3.05, 3.63) is 0 Å². The summed E-state index contributed by atoms with van der Waals surface area (Å²) in [4.78, 5) is 11.0. The molecule has 1 aliphatic carbocycles. The number of ketones is 1. The summed E-state index contributed by atoms with van der Waals surface area (Å²) < 4.78 is 0. The molecule has 0 aromatic rings. The van der Waals surface area contributed by atoms with E-state index in [2.05, 4.69) is 0 Å². The highest BCUT2D eigenvalue weighted by Gasteiger charge is 2.16. The quantitative estimate of drug-likeness (QED) is 0.468. The van der Waals surface area contributed by atoms with Gasteiger partial charge in [0.25, 0.3) is 0 Å². The van der Waals surface area contributed by atoms with Crippen LogP contribution in [-0.4, -0.2) is 21.2 Å². The Morgan fingerprint density at radius 2 is 2.45 bits per heavy atom. The predicted molar refractivity (Wildman–Crippen MR) is 49.6 cm³/mol. The van der Waals surface area contributed by atoms with Gasteiger partial charge in [0.2, 0.25) is 0 Å². The molecule has 2 nitrogen and oxygen atoms in total. The fraction of sp³-hybridized carbons (Fsp3) is 0.750. The Balaban J connectivity index is 2.46. The van der Waals surface area contributed by atoms with E-state index in [1.165, 1.54) is 0 Å². The summed E-state index contributed by atoms with van der Waals surface area (Å²) in [5, 5.41) is 9.81. The normalized spacial score (nSPS) is 28.0. The standard InChI is InChI=1S/C8H14O2S/c1-6(9)11-8-4-2-3-7(10)5-8/h8-9,11H,2-5H2,1H3. The van der Waals surface area contributed by atoms with Crippen LogP contribution in [0.25, 0.3) is 0 Å². The highest BCUT2D eigenvalue weighted by atomic mass is 32.1. The number of carbonyl (C=O) groups excluding carboxylic acids is 1. The number of aliphatic hydroxyl groups is 1. The average Bonchev–Trinajstić information content (AvgIpc) is 1.85. The predicted octanol–water partition coefficient (Wildman–Crippen LogP) is 1.67. The van der Waals surface area contributed by atoms with E-state index in [0.29, 0.717) is 22.5 Å². The first kappa shape index (κ1) is 8.94. The minimum absolute atomic E-state index is 0.356. The van der Waals surface area contributed by atoms with Gasteiger partial charge >= 0.3 is 0 Å².